The molecule has 2 aromatic carbocycles. The first-order chi connectivity index (χ1) is 10.4. The number of aryl methyl sites for hydroxylation is 1. The Balaban J connectivity index is 1.99. The van der Waals surface area contributed by atoms with Crippen molar-refractivity contribution >= 4 is 10.0 Å². The lowest BCUT2D eigenvalue weighted by Crippen LogP contribution is -2.11. The fourth-order valence-corrected chi connectivity index (χ4v) is 2.52. The van der Waals surface area contributed by atoms with Crippen molar-refractivity contribution in [2.75, 3.05) is 0 Å². The van der Waals surface area contributed by atoms with Gasteiger partial charge in [0.25, 0.3) is 0 Å². The van der Waals surface area contributed by atoms with E-state index in [1.807, 2.05) is 31.2 Å². The summed E-state index contributed by atoms with van der Waals surface area (Å²) < 4.78 is 28.4. The molecule has 0 atom stereocenters. The summed E-state index contributed by atoms with van der Waals surface area (Å²) in [6, 6.07) is 13.7. The molecule has 0 unspecified atom stereocenters. The normalized spacial score (nSPS) is 11.5. The molecular formula is C15H13N3O3S. The SMILES string of the molecule is Cc1ccc(-c2nnc(-c3cccc(S(N)(=O)=O)c3)o2)cc1. The van der Waals surface area contributed by atoms with Gasteiger partial charge in [0.05, 0.1) is 4.90 Å². The topological polar surface area (TPSA) is 99.1 Å². The van der Waals surface area contributed by atoms with Crippen molar-refractivity contribution in [3.8, 4) is 22.9 Å². The Kier molecular flexibility index (Phi) is 3.51. The second-order valence-electron chi connectivity index (χ2n) is 4.85. The third-order valence-corrected chi connectivity index (χ3v) is 4.04. The van der Waals surface area contributed by atoms with Crippen molar-refractivity contribution in [1.82, 2.24) is 10.2 Å². The molecule has 0 aliphatic carbocycles. The predicted molar refractivity (Wildman–Crippen MR) is 81.3 cm³/mol. The molecule has 0 radical (unpaired) electrons. The van der Waals surface area contributed by atoms with Crippen molar-refractivity contribution in [2.24, 2.45) is 5.14 Å². The minimum Gasteiger partial charge on any atom is -0.416 e. The fourth-order valence-electron chi connectivity index (χ4n) is 1.96. The Morgan fingerprint density at radius 3 is 2.23 bits per heavy atom. The summed E-state index contributed by atoms with van der Waals surface area (Å²) in [6.07, 6.45) is 0. The third kappa shape index (κ3) is 2.90. The second kappa shape index (κ2) is 5.36. The van der Waals surface area contributed by atoms with Gasteiger partial charge in [0.1, 0.15) is 0 Å². The van der Waals surface area contributed by atoms with Crippen LogP contribution in [0, 0.1) is 6.92 Å². The van der Waals surface area contributed by atoms with Crippen molar-refractivity contribution < 1.29 is 12.8 Å². The van der Waals surface area contributed by atoms with Crippen LogP contribution >= 0.6 is 0 Å². The Morgan fingerprint density at radius 2 is 1.59 bits per heavy atom. The molecule has 0 aliphatic rings. The summed E-state index contributed by atoms with van der Waals surface area (Å²) in [5.41, 5.74) is 2.42. The molecule has 112 valence electrons. The lowest BCUT2D eigenvalue weighted by atomic mass is 10.1. The summed E-state index contributed by atoms with van der Waals surface area (Å²) in [7, 11) is -3.77. The number of hydrogen-bond donors (Lipinski definition) is 1. The van der Waals surface area contributed by atoms with Gasteiger partial charge in [0.2, 0.25) is 21.8 Å². The molecule has 0 saturated heterocycles. The highest BCUT2D eigenvalue weighted by Crippen LogP contribution is 2.25. The number of hydrogen-bond acceptors (Lipinski definition) is 5. The van der Waals surface area contributed by atoms with Crippen LogP contribution in [-0.2, 0) is 10.0 Å². The summed E-state index contributed by atoms with van der Waals surface area (Å²) in [5.74, 6) is 0.608. The standard InChI is InChI=1S/C15H13N3O3S/c1-10-5-7-11(8-6-10)14-17-18-15(21-14)12-3-2-4-13(9-12)22(16,19)20/h2-9H,1H3,(H2,16,19,20). The van der Waals surface area contributed by atoms with Crippen molar-refractivity contribution in [3.63, 3.8) is 0 Å². The van der Waals surface area contributed by atoms with E-state index in [0.29, 0.717) is 11.5 Å². The van der Waals surface area contributed by atoms with Crippen LogP contribution in [0.15, 0.2) is 57.8 Å². The molecule has 0 spiro atoms. The van der Waals surface area contributed by atoms with Crippen LogP contribution in [0.5, 0.6) is 0 Å². The molecule has 7 heteroatoms. The molecule has 0 bridgehead atoms. The van der Waals surface area contributed by atoms with Gasteiger partial charge in [-0.2, -0.15) is 0 Å². The molecular weight excluding hydrogens is 302 g/mol. The highest BCUT2D eigenvalue weighted by atomic mass is 32.2. The maximum absolute atomic E-state index is 11.4. The van der Waals surface area contributed by atoms with Gasteiger partial charge in [-0.25, -0.2) is 13.6 Å². The molecule has 6 nitrogen and oxygen atoms in total. The lowest BCUT2D eigenvalue weighted by molar-refractivity contribution is 0.584. The molecule has 1 aromatic heterocycles. The van der Waals surface area contributed by atoms with E-state index in [4.69, 9.17) is 9.56 Å². The van der Waals surface area contributed by atoms with Gasteiger partial charge in [-0.3, -0.25) is 0 Å². The average Bonchev–Trinajstić information content (AvgIpc) is 2.97. The Hall–Kier alpha value is -2.51. The van der Waals surface area contributed by atoms with E-state index in [0.717, 1.165) is 11.1 Å². The molecule has 22 heavy (non-hydrogen) atoms. The molecule has 2 N–H and O–H groups in total. The highest BCUT2D eigenvalue weighted by Gasteiger charge is 2.13. The summed E-state index contributed by atoms with van der Waals surface area (Å²) in [6.45, 7) is 1.99. The zero-order valence-corrected chi connectivity index (χ0v) is 12.5. The largest absolute Gasteiger partial charge is 0.416 e. The number of sulfonamides is 1. The maximum Gasteiger partial charge on any atom is 0.248 e. The summed E-state index contributed by atoms with van der Waals surface area (Å²) in [5, 5.41) is 13.1. The van der Waals surface area contributed by atoms with Gasteiger partial charge in [-0.15, -0.1) is 10.2 Å². The van der Waals surface area contributed by atoms with Crippen LogP contribution < -0.4 is 5.14 Å². The number of rotatable bonds is 3. The van der Waals surface area contributed by atoms with E-state index in [1.54, 1.807) is 12.1 Å². The Labute approximate surface area is 127 Å². The molecule has 0 amide bonds. The van der Waals surface area contributed by atoms with Gasteiger partial charge in [0, 0.05) is 11.1 Å². The third-order valence-electron chi connectivity index (χ3n) is 3.13. The van der Waals surface area contributed by atoms with E-state index in [9.17, 15) is 8.42 Å². The lowest BCUT2D eigenvalue weighted by Gasteiger charge is -2.00. The van der Waals surface area contributed by atoms with Crippen LogP contribution in [0.1, 0.15) is 5.56 Å². The van der Waals surface area contributed by atoms with Crippen molar-refractivity contribution in [2.45, 2.75) is 11.8 Å². The fraction of sp³-hybridized carbons (Fsp3) is 0.0667. The number of benzene rings is 2. The Morgan fingerprint density at radius 1 is 0.955 bits per heavy atom. The van der Waals surface area contributed by atoms with E-state index >= 15 is 0 Å². The van der Waals surface area contributed by atoms with Gasteiger partial charge in [0.15, 0.2) is 0 Å². The smallest absolute Gasteiger partial charge is 0.248 e. The summed E-state index contributed by atoms with van der Waals surface area (Å²) >= 11 is 0. The minimum absolute atomic E-state index is 0.0000795. The average molecular weight is 315 g/mol. The first-order valence-electron chi connectivity index (χ1n) is 6.47. The zero-order valence-electron chi connectivity index (χ0n) is 11.7. The highest BCUT2D eigenvalue weighted by molar-refractivity contribution is 7.89. The van der Waals surface area contributed by atoms with E-state index in [1.165, 1.54) is 12.1 Å². The second-order valence-corrected chi connectivity index (χ2v) is 6.41. The van der Waals surface area contributed by atoms with E-state index in [-0.39, 0.29) is 10.8 Å². The van der Waals surface area contributed by atoms with Crippen LogP contribution in [0.3, 0.4) is 0 Å². The molecule has 3 rings (SSSR count). The van der Waals surface area contributed by atoms with Crippen molar-refractivity contribution in [3.05, 3.63) is 54.1 Å². The maximum atomic E-state index is 11.4. The van der Waals surface area contributed by atoms with Crippen LogP contribution in [0.25, 0.3) is 22.9 Å². The van der Waals surface area contributed by atoms with Crippen LogP contribution in [0.4, 0.5) is 0 Å². The molecule has 0 aliphatic heterocycles. The molecule has 1 heterocycles. The summed E-state index contributed by atoms with van der Waals surface area (Å²) in [4.78, 5) is 0.0000795. The monoisotopic (exact) mass is 315 g/mol. The quantitative estimate of drug-likeness (QED) is 0.800. The molecule has 0 saturated carbocycles. The van der Waals surface area contributed by atoms with E-state index in [2.05, 4.69) is 10.2 Å². The number of primary sulfonamides is 1. The van der Waals surface area contributed by atoms with Gasteiger partial charge >= 0.3 is 0 Å². The first-order valence-corrected chi connectivity index (χ1v) is 8.02. The number of aromatic nitrogens is 2. The van der Waals surface area contributed by atoms with Crippen LogP contribution in [0.2, 0.25) is 0 Å². The predicted octanol–water partition coefficient (Wildman–Crippen LogP) is 2.36. The number of nitrogens with zero attached hydrogens (tertiary/aromatic N) is 2. The Bertz CT molecular complexity index is 915. The molecule has 0 fully saturated rings. The van der Waals surface area contributed by atoms with Gasteiger partial charge < -0.3 is 4.42 Å². The van der Waals surface area contributed by atoms with Gasteiger partial charge in [-0.1, -0.05) is 23.8 Å². The zero-order chi connectivity index (χ0) is 15.7. The minimum atomic E-state index is -3.77. The van der Waals surface area contributed by atoms with Crippen LogP contribution in [-0.4, -0.2) is 18.6 Å². The molecule has 3 aromatic rings. The van der Waals surface area contributed by atoms with Crippen molar-refractivity contribution in [1.29, 1.82) is 0 Å². The number of nitrogens with two attached hydrogens (primary N) is 1. The van der Waals surface area contributed by atoms with Gasteiger partial charge in [-0.05, 0) is 37.3 Å². The van der Waals surface area contributed by atoms with E-state index < -0.39 is 10.0 Å². The first kappa shape index (κ1) is 14.4.